The highest BCUT2D eigenvalue weighted by Gasteiger charge is 2.21. The molecule has 0 amide bonds. The van der Waals surface area contributed by atoms with Crippen LogP contribution < -0.4 is 4.72 Å². The monoisotopic (exact) mass is 271 g/mol. The molecule has 0 aliphatic heterocycles. The highest BCUT2D eigenvalue weighted by molar-refractivity contribution is 7.89. The molecule has 2 N–H and O–H groups in total. The van der Waals surface area contributed by atoms with Crippen LogP contribution in [0.25, 0.3) is 0 Å². The third kappa shape index (κ3) is 3.31. The molecule has 0 saturated heterocycles. The number of hydrogen-bond acceptors (Lipinski definition) is 3. The van der Waals surface area contributed by atoms with Crippen LogP contribution in [0.1, 0.15) is 31.9 Å². The fourth-order valence-corrected chi connectivity index (χ4v) is 3.25. The second kappa shape index (κ2) is 5.82. The van der Waals surface area contributed by atoms with Crippen molar-refractivity contribution in [1.82, 2.24) is 4.72 Å². The largest absolute Gasteiger partial charge is 0.392 e. The molecular weight excluding hydrogens is 250 g/mol. The van der Waals surface area contributed by atoms with Crippen LogP contribution in [0.5, 0.6) is 0 Å². The number of rotatable bonds is 5. The van der Waals surface area contributed by atoms with Crippen LogP contribution in [0.15, 0.2) is 23.1 Å². The van der Waals surface area contributed by atoms with Crippen molar-refractivity contribution in [3.63, 3.8) is 0 Å². The van der Waals surface area contributed by atoms with Gasteiger partial charge in [-0.15, -0.1) is 0 Å². The van der Waals surface area contributed by atoms with Gasteiger partial charge in [-0.1, -0.05) is 26.0 Å². The van der Waals surface area contributed by atoms with Gasteiger partial charge in [0.2, 0.25) is 10.0 Å². The molecule has 0 fully saturated rings. The minimum Gasteiger partial charge on any atom is -0.392 e. The van der Waals surface area contributed by atoms with E-state index < -0.39 is 10.0 Å². The molecule has 0 heterocycles. The van der Waals surface area contributed by atoms with E-state index in [1.165, 1.54) is 0 Å². The second-order valence-corrected chi connectivity index (χ2v) is 6.53. The Bertz CT molecular complexity index is 509. The van der Waals surface area contributed by atoms with E-state index in [0.717, 1.165) is 0 Å². The Morgan fingerprint density at radius 3 is 2.39 bits per heavy atom. The summed E-state index contributed by atoms with van der Waals surface area (Å²) in [4.78, 5) is 0.238. The van der Waals surface area contributed by atoms with Gasteiger partial charge in [-0.3, -0.25) is 0 Å². The Hall–Kier alpha value is -0.910. The van der Waals surface area contributed by atoms with Gasteiger partial charge in [0.25, 0.3) is 0 Å². The fourth-order valence-electron chi connectivity index (χ4n) is 1.57. The highest BCUT2D eigenvalue weighted by Crippen LogP contribution is 2.19. The summed E-state index contributed by atoms with van der Waals surface area (Å²) in [7, 11) is -3.53. The molecule has 0 radical (unpaired) electrons. The van der Waals surface area contributed by atoms with Gasteiger partial charge in [0.05, 0.1) is 11.5 Å². The lowest BCUT2D eigenvalue weighted by molar-refractivity contribution is 0.280. The first kappa shape index (κ1) is 15.1. The molecule has 1 aromatic carbocycles. The van der Waals surface area contributed by atoms with Crippen molar-refractivity contribution in [3.8, 4) is 0 Å². The van der Waals surface area contributed by atoms with Crippen molar-refractivity contribution in [2.75, 3.05) is 0 Å². The summed E-state index contributed by atoms with van der Waals surface area (Å²) >= 11 is 0. The standard InChI is InChI=1S/C13H21NO3S/c1-9(2)11(4)14-18(16,17)13-7-5-6-12(8-15)10(13)3/h5-7,9,11,14-15H,8H2,1-4H3. The average Bonchev–Trinajstić information content (AvgIpc) is 2.28. The number of nitrogens with one attached hydrogen (secondary N) is 1. The molecular formula is C13H21NO3S. The van der Waals surface area contributed by atoms with Gasteiger partial charge in [-0.25, -0.2) is 13.1 Å². The minimum atomic E-state index is -3.53. The van der Waals surface area contributed by atoms with Crippen LogP contribution in [-0.4, -0.2) is 19.6 Å². The Morgan fingerprint density at radius 2 is 1.89 bits per heavy atom. The first-order valence-electron chi connectivity index (χ1n) is 6.01. The summed E-state index contributed by atoms with van der Waals surface area (Å²) < 4.78 is 27.1. The zero-order chi connectivity index (χ0) is 13.9. The van der Waals surface area contributed by atoms with Crippen LogP contribution in [0.4, 0.5) is 0 Å². The fraction of sp³-hybridized carbons (Fsp3) is 0.538. The van der Waals surface area contributed by atoms with Gasteiger partial charge in [-0.05, 0) is 37.0 Å². The maximum atomic E-state index is 12.2. The third-order valence-corrected chi connectivity index (χ3v) is 4.90. The van der Waals surface area contributed by atoms with Gasteiger partial charge in [0.15, 0.2) is 0 Å². The van der Waals surface area contributed by atoms with E-state index in [1.54, 1.807) is 25.1 Å². The number of hydrogen-bond donors (Lipinski definition) is 2. The third-order valence-electron chi connectivity index (χ3n) is 3.20. The zero-order valence-electron chi connectivity index (χ0n) is 11.3. The van der Waals surface area contributed by atoms with Crippen molar-refractivity contribution >= 4 is 10.0 Å². The first-order valence-corrected chi connectivity index (χ1v) is 7.49. The van der Waals surface area contributed by atoms with E-state index in [-0.39, 0.29) is 23.5 Å². The van der Waals surface area contributed by atoms with Gasteiger partial charge in [0.1, 0.15) is 0 Å². The number of benzene rings is 1. The molecule has 0 aliphatic rings. The molecule has 102 valence electrons. The van der Waals surface area contributed by atoms with Gasteiger partial charge < -0.3 is 5.11 Å². The van der Waals surface area contributed by atoms with Gasteiger partial charge in [0, 0.05) is 6.04 Å². The lowest BCUT2D eigenvalue weighted by Crippen LogP contribution is -2.36. The lowest BCUT2D eigenvalue weighted by atomic mass is 10.1. The summed E-state index contributed by atoms with van der Waals surface area (Å²) in [6.07, 6.45) is 0. The molecule has 0 spiro atoms. The number of sulfonamides is 1. The summed E-state index contributed by atoms with van der Waals surface area (Å²) in [6.45, 7) is 7.32. The SMILES string of the molecule is Cc1c(CO)cccc1S(=O)(=O)NC(C)C(C)C. The predicted molar refractivity (Wildman–Crippen MR) is 71.7 cm³/mol. The lowest BCUT2D eigenvalue weighted by Gasteiger charge is -2.19. The summed E-state index contributed by atoms with van der Waals surface area (Å²) in [6, 6.07) is 4.80. The summed E-state index contributed by atoms with van der Waals surface area (Å²) in [5.41, 5.74) is 1.23. The van der Waals surface area contributed by atoms with Crippen LogP contribution in [-0.2, 0) is 16.6 Å². The topological polar surface area (TPSA) is 66.4 Å². The molecule has 18 heavy (non-hydrogen) atoms. The number of aliphatic hydroxyl groups excluding tert-OH is 1. The molecule has 0 bridgehead atoms. The van der Waals surface area contributed by atoms with E-state index in [0.29, 0.717) is 11.1 Å². The Morgan fingerprint density at radius 1 is 1.28 bits per heavy atom. The summed E-state index contributed by atoms with van der Waals surface area (Å²) in [5.74, 6) is 0.223. The highest BCUT2D eigenvalue weighted by atomic mass is 32.2. The zero-order valence-corrected chi connectivity index (χ0v) is 12.1. The Kier molecular flexibility index (Phi) is 4.90. The molecule has 4 nitrogen and oxygen atoms in total. The molecule has 1 rings (SSSR count). The second-order valence-electron chi connectivity index (χ2n) is 4.85. The minimum absolute atomic E-state index is 0.132. The molecule has 1 atom stereocenters. The first-order chi connectivity index (χ1) is 8.29. The van der Waals surface area contributed by atoms with E-state index in [2.05, 4.69) is 4.72 Å². The number of aliphatic hydroxyl groups is 1. The molecule has 1 aromatic rings. The van der Waals surface area contributed by atoms with Gasteiger partial charge >= 0.3 is 0 Å². The van der Waals surface area contributed by atoms with Crippen molar-refractivity contribution < 1.29 is 13.5 Å². The van der Waals surface area contributed by atoms with Crippen LogP contribution >= 0.6 is 0 Å². The average molecular weight is 271 g/mol. The van der Waals surface area contributed by atoms with Crippen molar-refractivity contribution in [2.45, 2.75) is 45.2 Å². The van der Waals surface area contributed by atoms with E-state index in [1.807, 2.05) is 20.8 Å². The molecule has 1 unspecified atom stereocenters. The summed E-state index contributed by atoms with van der Waals surface area (Å²) in [5, 5.41) is 9.16. The normalized spacial score (nSPS) is 13.9. The Labute approximate surface area is 109 Å². The molecule has 0 aliphatic carbocycles. The van der Waals surface area contributed by atoms with Crippen molar-refractivity contribution in [1.29, 1.82) is 0 Å². The van der Waals surface area contributed by atoms with E-state index in [9.17, 15) is 8.42 Å². The Balaban J connectivity index is 3.13. The maximum absolute atomic E-state index is 12.2. The molecule has 5 heteroatoms. The van der Waals surface area contributed by atoms with Crippen molar-refractivity contribution in [2.24, 2.45) is 5.92 Å². The molecule has 0 saturated carbocycles. The quantitative estimate of drug-likeness (QED) is 0.858. The van der Waals surface area contributed by atoms with Crippen LogP contribution in [0.3, 0.4) is 0 Å². The van der Waals surface area contributed by atoms with Crippen molar-refractivity contribution in [3.05, 3.63) is 29.3 Å². The van der Waals surface area contributed by atoms with E-state index in [4.69, 9.17) is 5.11 Å². The van der Waals surface area contributed by atoms with Gasteiger partial charge in [-0.2, -0.15) is 0 Å². The van der Waals surface area contributed by atoms with E-state index >= 15 is 0 Å². The molecule has 0 aromatic heterocycles. The van der Waals surface area contributed by atoms with Crippen LogP contribution in [0.2, 0.25) is 0 Å². The van der Waals surface area contributed by atoms with Crippen LogP contribution in [0, 0.1) is 12.8 Å². The predicted octanol–water partition coefficient (Wildman–Crippen LogP) is 1.81. The smallest absolute Gasteiger partial charge is 0.241 e. The maximum Gasteiger partial charge on any atom is 0.241 e.